The van der Waals surface area contributed by atoms with Gasteiger partial charge >= 0.3 is 0 Å². The van der Waals surface area contributed by atoms with Gasteiger partial charge in [-0.1, -0.05) is 30.3 Å². The van der Waals surface area contributed by atoms with Gasteiger partial charge in [0.25, 0.3) is 5.91 Å². The minimum Gasteiger partial charge on any atom is -0.354 e. The van der Waals surface area contributed by atoms with Crippen LogP contribution in [0.4, 0.5) is 11.4 Å². The monoisotopic (exact) mass is 373 g/mol. The van der Waals surface area contributed by atoms with Gasteiger partial charge in [0, 0.05) is 17.8 Å². The van der Waals surface area contributed by atoms with Gasteiger partial charge in [0.2, 0.25) is 0 Å². The van der Waals surface area contributed by atoms with Crippen LogP contribution in [0, 0.1) is 0 Å². The molecule has 0 bridgehead atoms. The van der Waals surface area contributed by atoms with Crippen molar-refractivity contribution in [3.8, 4) is 0 Å². The van der Waals surface area contributed by atoms with Crippen molar-refractivity contribution in [3.05, 3.63) is 89.7 Å². The molecular weight excluding hydrogens is 350 g/mol. The number of nitrogens with one attached hydrogen (secondary N) is 2. The number of ketones is 1. The molecule has 3 aromatic rings. The number of pyridine rings is 1. The van der Waals surface area contributed by atoms with Crippen LogP contribution in [0.15, 0.2) is 72.9 Å². The number of nitrogens with zero attached hydrogens (tertiary/aromatic N) is 1. The number of carbonyl (C=O) groups is 2. The summed E-state index contributed by atoms with van der Waals surface area (Å²) >= 11 is 0. The SMILES string of the molecule is CC(=O)c1ccc(Nc2ccc(C(=O)NCCCc3ccccc3)nc2)cc1. The van der Waals surface area contributed by atoms with Crippen molar-refractivity contribution in [2.24, 2.45) is 0 Å². The quantitative estimate of drug-likeness (QED) is 0.454. The van der Waals surface area contributed by atoms with Crippen LogP contribution in [-0.4, -0.2) is 23.2 Å². The molecule has 0 saturated carbocycles. The van der Waals surface area contributed by atoms with E-state index in [4.69, 9.17) is 0 Å². The molecule has 0 saturated heterocycles. The lowest BCUT2D eigenvalue weighted by molar-refractivity contribution is 0.0947. The summed E-state index contributed by atoms with van der Waals surface area (Å²) in [5.74, 6) is -0.141. The number of aromatic nitrogens is 1. The molecule has 0 fully saturated rings. The van der Waals surface area contributed by atoms with Gasteiger partial charge in [0.15, 0.2) is 5.78 Å². The van der Waals surface area contributed by atoms with E-state index in [0.29, 0.717) is 17.8 Å². The summed E-state index contributed by atoms with van der Waals surface area (Å²) in [5.41, 5.74) is 3.95. The number of carbonyl (C=O) groups excluding carboxylic acids is 2. The van der Waals surface area contributed by atoms with Crippen LogP contribution in [0.5, 0.6) is 0 Å². The van der Waals surface area contributed by atoms with E-state index in [1.807, 2.05) is 36.4 Å². The second-order valence-electron chi connectivity index (χ2n) is 6.54. The summed E-state index contributed by atoms with van der Waals surface area (Å²) in [6.07, 6.45) is 3.43. The smallest absolute Gasteiger partial charge is 0.269 e. The van der Waals surface area contributed by atoms with Gasteiger partial charge in [-0.25, -0.2) is 4.98 Å². The highest BCUT2D eigenvalue weighted by Gasteiger charge is 2.07. The van der Waals surface area contributed by atoms with Crippen molar-refractivity contribution >= 4 is 23.1 Å². The van der Waals surface area contributed by atoms with Crippen LogP contribution in [0.3, 0.4) is 0 Å². The number of Topliss-reactive ketones (excluding diaryl/α,β-unsaturated/α-hetero) is 1. The highest BCUT2D eigenvalue weighted by Crippen LogP contribution is 2.17. The van der Waals surface area contributed by atoms with E-state index in [1.165, 1.54) is 12.5 Å². The third-order valence-electron chi connectivity index (χ3n) is 4.35. The second kappa shape index (κ2) is 9.46. The first-order chi connectivity index (χ1) is 13.6. The maximum absolute atomic E-state index is 12.2. The van der Waals surface area contributed by atoms with Crippen LogP contribution in [0.2, 0.25) is 0 Å². The van der Waals surface area contributed by atoms with E-state index < -0.39 is 0 Å². The van der Waals surface area contributed by atoms with Crippen LogP contribution in [0.1, 0.15) is 39.8 Å². The molecule has 3 rings (SSSR count). The topological polar surface area (TPSA) is 71.1 Å². The minimum atomic E-state index is -0.176. The Balaban J connectivity index is 1.47. The van der Waals surface area contributed by atoms with Gasteiger partial charge in [0.05, 0.1) is 11.9 Å². The summed E-state index contributed by atoms with van der Waals surface area (Å²) in [7, 11) is 0. The maximum atomic E-state index is 12.2. The van der Waals surface area contributed by atoms with Gasteiger partial charge in [-0.15, -0.1) is 0 Å². The average molecular weight is 373 g/mol. The van der Waals surface area contributed by atoms with Gasteiger partial charge in [-0.2, -0.15) is 0 Å². The first kappa shape index (κ1) is 19.3. The first-order valence-corrected chi connectivity index (χ1v) is 9.28. The number of benzene rings is 2. The fraction of sp³-hybridized carbons (Fsp3) is 0.174. The lowest BCUT2D eigenvalue weighted by atomic mass is 10.1. The molecule has 1 aromatic heterocycles. The van der Waals surface area contributed by atoms with E-state index >= 15 is 0 Å². The van der Waals surface area contributed by atoms with E-state index in [2.05, 4.69) is 27.8 Å². The molecule has 1 amide bonds. The molecular formula is C23H23N3O2. The number of anilines is 2. The molecule has 0 aliphatic carbocycles. The number of amides is 1. The van der Waals surface area contributed by atoms with Crippen molar-refractivity contribution in [3.63, 3.8) is 0 Å². The molecule has 0 radical (unpaired) electrons. The van der Waals surface area contributed by atoms with Crippen molar-refractivity contribution in [2.45, 2.75) is 19.8 Å². The zero-order valence-corrected chi connectivity index (χ0v) is 15.8. The summed E-state index contributed by atoms with van der Waals surface area (Å²) in [6.45, 7) is 2.15. The van der Waals surface area contributed by atoms with Crippen molar-refractivity contribution < 1.29 is 9.59 Å². The number of aryl methyl sites for hydroxylation is 1. The molecule has 28 heavy (non-hydrogen) atoms. The molecule has 0 aliphatic rings. The summed E-state index contributed by atoms with van der Waals surface area (Å²) < 4.78 is 0. The van der Waals surface area contributed by atoms with Crippen molar-refractivity contribution in [1.29, 1.82) is 0 Å². The Labute approximate surface area is 164 Å². The van der Waals surface area contributed by atoms with E-state index in [-0.39, 0.29) is 11.7 Å². The number of hydrogen-bond acceptors (Lipinski definition) is 4. The largest absolute Gasteiger partial charge is 0.354 e. The third-order valence-corrected chi connectivity index (χ3v) is 4.35. The fourth-order valence-corrected chi connectivity index (χ4v) is 2.79. The van der Waals surface area contributed by atoms with Crippen LogP contribution in [0.25, 0.3) is 0 Å². The van der Waals surface area contributed by atoms with Crippen molar-refractivity contribution in [2.75, 3.05) is 11.9 Å². The Morgan fingerprint density at radius 1 is 0.893 bits per heavy atom. The minimum absolute atomic E-state index is 0.0346. The standard InChI is InChI=1S/C23H23N3O2/c1-17(27)19-9-11-20(12-10-19)26-21-13-14-22(25-16-21)23(28)24-15-5-8-18-6-3-2-4-7-18/h2-4,6-7,9-14,16,26H,5,8,15H2,1H3,(H,24,28). The van der Waals surface area contributed by atoms with E-state index in [1.54, 1.807) is 24.4 Å². The fourth-order valence-electron chi connectivity index (χ4n) is 2.79. The van der Waals surface area contributed by atoms with Gasteiger partial charge < -0.3 is 10.6 Å². The molecule has 5 heteroatoms. The van der Waals surface area contributed by atoms with E-state index in [9.17, 15) is 9.59 Å². The Kier molecular flexibility index (Phi) is 6.52. The molecule has 2 N–H and O–H groups in total. The lowest BCUT2D eigenvalue weighted by Crippen LogP contribution is -2.25. The lowest BCUT2D eigenvalue weighted by Gasteiger charge is -2.08. The predicted octanol–water partition coefficient (Wildman–Crippen LogP) is 4.39. The Morgan fingerprint density at radius 3 is 2.25 bits per heavy atom. The normalized spacial score (nSPS) is 10.3. The predicted molar refractivity (Wildman–Crippen MR) is 111 cm³/mol. The molecule has 2 aromatic carbocycles. The van der Waals surface area contributed by atoms with Gasteiger partial charge in [-0.05, 0) is 61.7 Å². The third kappa shape index (κ3) is 5.51. The molecule has 142 valence electrons. The Morgan fingerprint density at radius 2 is 1.61 bits per heavy atom. The summed E-state index contributed by atoms with van der Waals surface area (Å²) in [4.78, 5) is 27.7. The Bertz CT molecular complexity index is 920. The summed E-state index contributed by atoms with van der Waals surface area (Å²) in [6, 6.07) is 20.9. The summed E-state index contributed by atoms with van der Waals surface area (Å²) in [5, 5.41) is 6.10. The zero-order chi connectivity index (χ0) is 19.8. The van der Waals surface area contributed by atoms with Gasteiger partial charge in [0.1, 0.15) is 5.69 Å². The number of rotatable bonds is 8. The highest BCUT2D eigenvalue weighted by atomic mass is 16.1. The molecule has 0 atom stereocenters. The van der Waals surface area contributed by atoms with E-state index in [0.717, 1.165) is 24.2 Å². The molecule has 0 spiro atoms. The number of hydrogen-bond donors (Lipinski definition) is 2. The Hall–Kier alpha value is -3.47. The maximum Gasteiger partial charge on any atom is 0.269 e. The van der Waals surface area contributed by atoms with Crippen LogP contribution in [-0.2, 0) is 6.42 Å². The molecule has 1 heterocycles. The zero-order valence-electron chi connectivity index (χ0n) is 15.8. The van der Waals surface area contributed by atoms with Crippen molar-refractivity contribution in [1.82, 2.24) is 10.3 Å². The second-order valence-corrected chi connectivity index (χ2v) is 6.54. The highest BCUT2D eigenvalue weighted by molar-refractivity contribution is 5.94. The molecule has 0 unspecified atom stereocenters. The molecule has 5 nitrogen and oxygen atoms in total. The molecule has 0 aliphatic heterocycles. The average Bonchev–Trinajstić information content (AvgIpc) is 2.73. The van der Waals surface area contributed by atoms with Crippen LogP contribution < -0.4 is 10.6 Å². The van der Waals surface area contributed by atoms with Gasteiger partial charge in [-0.3, -0.25) is 9.59 Å². The first-order valence-electron chi connectivity index (χ1n) is 9.28. The van der Waals surface area contributed by atoms with Crippen LogP contribution >= 0.6 is 0 Å².